The fourth-order valence-corrected chi connectivity index (χ4v) is 2.56. The maximum Gasteiger partial charge on any atom is 0.311 e. The zero-order valence-corrected chi connectivity index (χ0v) is 15.3. The lowest BCUT2D eigenvalue weighted by Gasteiger charge is -2.06. The van der Waals surface area contributed by atoms with Crippen LogP contribution in [0.15, 0.2) is 36.7 Å². The SMILES string of the molecule is CCCCCCC(=O)Oc1ccc(-c2cnc(CCCC)cn2)cc1. The molecule has 0 amide bonds. The third kappa shape index (κ3) is 6.65. The zero-order valence-electron chi connectivity index (χ0n) is 15.3. The minimum absolute atomic E-state index is 0.163. The lowest BCUT2D eigenvalue weighted by Crippen LogP contribution is -2.07. The Bertz CT molecular complexity index is 636. The van der Waals surface area contributed by atoms with Crippen molar-refractivity contribution in [1.29, 1.82) is 0 Å². The number of esters is 1. The molecule has 0 fully saturated rings. The Kier molecular flexibility index (Phi) is 8.10. The fraction of sp³-hybridized carbons (Fsp3) is 0.476. The van der Waals surface area contributed by atoms with Gasteiger partial charge in [-0.05, 0) is 43.5 Å². The Morgan fingerprint density at radius 2 is 1.68 bits per heavy atom. The second kappa shape index (κ2) is 10.6. The number of aromatic nitrogens is 2. The van der Waals surface area contributed by atoms with Crippen LogP contribution in [0.5, 0.6) is 5.75 Å². The summed E-state index contributed by atoms with van der Waals surface area (Å²) in [6, 6.07) is 7.45. The van der Waals surface area contributed by atoms with Crippen molar-refractivity contribution in [2.24, 2.45) is 0 Å². The molecule has 2 rings (SSSR count). The minimum atomic E-state index is -0.163. The number of carbonyl (C=O) groups excluding carboxylic acids is 1. The first kappa shape index (κ1) is 19.1. The summed E-state index contributed by atoms with van der Waals surface area (Å²) in [4.78, 5) is 20.8. The molecule has 0 unspecified atom stereocenters. The van der Waals surface area contributed by atoms with Gasteiger partial charge in [0.05, 0.1) is 17.6 Å². The summed E-state index contributed by atoms with van der Waals surface area (Å²) in [7, 11) is 0. The predicted molar refractivity (Wildman–Crippen MR) is 100 cm³/mol. The first-order valence-corrected chi connectivity index (χ1v) is 9.35. The molecule has 4 nitrogen and oxygen atoms in total. The average molecular weight is 340 g/mol. The number of hydrogen-bond acceptors (Lipinski definition) is 4. The molecule has 134 valence electrons. The number of rotatable bonds is 10. The molecule has 4 heteroatoms. The van der Waals surface area contributed by atoms with E-state index in [4.69, 9.17) is 4.74 Å². The number of aryl methyl sites for hydroxylation is 1. The summed E-state index contributed by atoms with van der Waals surface area (Å²) < 4.78 is 5.37. The van der Waals surface area contributed by atoms with Crippen LogP contribution in [0.25, 0.3) is 11.3 Å². The largest absolute Gasteiger partial charge is 0.427 e. The van der Waals surface area contributed by atoms with E-state index in [1.54, 1.807) is 6.20 Å². The van der Waals surface area contributed by atoms with Crippen molar-refractivity contribution in [3.05, 3.63) is 42.4 Å². The normalized spacial score (nSPS) is 10.6. The molecule has 0 aliphatic rings. The van der Waals surface area contributed by atoms with Crippen molar-refractivity contribution in [1.82, 2.24) is 9.97 Å². The summed E-state index contributed by atoms with van der Waals surface area (Å²) in [6.07, 6.45) is 11.7. The van der Waals surface area contributed by atoms with Crippen LogP contribution in [0, 0.1) is 0 Å². The highest BCUT2D eigenvalue weighted by Gasteiger charge is 2.06. The molecule has 1 aromatic heterocycles. The van der Waals surface area contributed by atoms with Crippen molar-refractivity contribution < 1.29 is 9.53 Å². The third-order valence-electron chi connectivity index (χ3n) is 4.11. The summed E-state index contributed by atoms with van der Waals surface area (Å²) in [5.74, 6) is 0.417. The maximum absolute atomic E-state index is 11.8. The lowest BCUT2D eigenvalue weighted by atomic mass is 10.1. The van der Waals surface area contributed by atoms with Crippen LogP contribution >= 0.6 is 0 Å². The molecule has 2 aromatic rings. The fourth-order valence-electron chi connectivity index (χ4n) is 2.56. The highest BCUT2D eigenvalue weighted by atomic mass is 16.5. The summed E-state index contributed by atoms with van der Waals surface area (Å²) in [6.45, 7) is 4.32. The molecule has 1 heterocycles. The molecule has 0 atom stereocenters. The Balaban J connectivity index is 1.87. The lowest BCUT2D eigenvalue weighted by molar-refractivity contribution is -0.134. The molecule has 0 saturated heterocycles. The average Bonchev–Trinajstić information content (AvgIpc) is 2.65. The van der Waals surface area contributed by atoms with Gasteiger partial charge in [-0.3, -0.25) is 14.8 Å². The molecule has 0 aliphatic heterocycles. The highest BCUT2D eigenvalue weighted by molar-refractivity contribution is 5.72. The van der Waals surface area contributed by atoms with Crippen LogP contribution in [-0.2, 0) is 11.2 Å². The molecule has 0 radical (unpaired) electrons. The van der Waals surface area contributed by atoms with Crippen molar-refractivity contribution in [3.63, 3.8) is 0 Å². The number of benzene rings is 1. The molecule has 25 heavy (non-hydrogen) atoms. The van der Waals surface area contributed by atoms with Crippen LogP contribution in [0.1, 0.15) is 64.5 Å². The Morgan fingerprint density at radius 3 is 2.32 bits per heavy atom. The summed E-state index contributed by atoms with van der Waals surface area (Å²) in [5, 5.41) is 0. The van der Waals surface area contributed by atoms with Crippen LogP contribution in [0.3, 0.4) is 0 Å². The van der Waals surface area contributed by atoms with Gasteiger partial charge in [0, 0.05) is 18.2 Å². The van der Waals surface area contributed by atoms with Gasteiger partial charge in [-0.25, -0.2) is 0 Å². The Labute approximate surface area is 150 Å². The first-order chi connectivity index (χ1) is 12.2. The maximum atomic E-state index is 11.8. The van der Waals surface area contributed by atoms with Crippen LogP contribution in [-0.4, -0.2) is 15.9 Å². The number of unbranched alkanes of at least 4 members (excludes halogenated alkanes) is 4. The zero-order chi connectivity index (χ0) is 17.9. The topological polar surface area (TPSA) is 52.1 Å². The highest BCUT2D eigenvalue weighted by Crippen LogP contribution is 2.21. The smallest absolute Gasteiger partial charge is 0.311 e. The molecule has 0 bridgehead atoms. The van der Waals surface area contributed by atoms with Crippen molar-refractivity contribution in [3.8, 4) is 17.0 Å². The van der Waals surface area contributed by atoms with E-state index in [0.717, 1.165) is 49.1 Å². The second-order valence-electron chi connectivity index (χ2n) is 6.31. The number of hydrogen-bond donors (Lipinski definition) is 0. The first-order valence-electron chi connectivity index (χ1n) is 9.35. The molecule has 1 aromatic carbocycles. The quantitative estimate of drug-likeness (QED) is 0.332. The van der Waals surface area contributed by atoms with Crippen LogP contribution in [0.4, 0.5) is 0 Å². The van der Waals surface area contributed by atoms with E-state index in [1.165, 1.54) is 12.8 Å². The number of nitrogens with zero attached hydrogens (tertiary/aromatic N) is 2. The van der Waals surface area contributed by atoms with Gasteiger partial charge in [0.15, 0.2) is 0 Å². The van der Waals surface area contributed by atoms with Gasteiger partial charge >= 0.3 is 5.97 Å². The van der Waals surface area contributed by atoms with E-state index >= 15 is 0 Å². The second-order valence-corrected chi connectivity index (χ2v) is 6.31. The van der Waals surface area contributed by atoms with Crippen LogP contribution < -0.4 is 4.74 Å². The van der Waals surface area contributed by atoms with Gasteiger partial charge in [-0.15, -0.1) is 0 Å². The standard InChI is InChI=1S/C21H28N2O2/c1-3-5-7-8-10-21(24)25-19-13-11-17(12-14-19)20-16-22-18(15-23-20)9-6-4-2/h11-16H,3-10H2,1-2H3. The van der Waals surface area contributed by atoms with E-state index < -0.39 is 0 Å². The van der Waals surface area contributed by atoms with Crippen LogP contribution in [0.2, 0.25) is 0 Å². The molecule has 0 N–H and O–H groups in total. The minimum Gasteiger partial charge on any atom is -0.427 e. The third-order valence-corrected chi connectivity index (χ3v) is 4.11. The molecular formula is C21H28N2O2. The summed E-state index contributed by atoms with van der Waals surface area (Å²) in [5.41, 5.74) is 2.83. The molecular weight excluding hydrogens is 312 g/mol. The molecule has 0 aliphatic carbocycles. The number of carbonyl (C=O) groups is 1. The summed E-state index contributed by atoms with van der Waals surface area (Å²) >= 11 is 0. The van der Waals surface area contributed by atoms with E-state index in [9.17, 15) is 4.79 Å². The van der Waals surface area contributed by atoms with E-state index in [1.807, 2.05) is 30.5 Å². The Hall–Kier alpha value is -2.23. The van der Waals surface area contributed by atoms with E-state index in [0.29, 0.717) is 12.2 Å². The van der Waals surface area contributed by atoms with Gasteiger partial charge < -0.3 is 4.74 Å². The molecule has 0 spiro atoms. The number of ether oxygens (including phenoxy) is 1. The Morgan fingerprint density at radius 1 is 0.920 bits per heavy atom. The van der Waals surface area contributed by atoms with Gasteiger partial charge in [0.1, 0.15) is 5.75 Å². The van der Waals surface area contributed by atoms with E-state index in [2.05, 4.69) is 23.8 Å². The van der Waals surface area contributed by atoms with Gasteiger partial charge in [-0.1, -0.05) is 39.5 Å². The molecule has 0 saturated carbocycles. The van der Waals surface area contributed by atoms with Crippen molar-refractivity contribution >= 4 is 5.97 Å². The van der Waals surface area contributed by atoms with Gasteiger partial charge in [0.2, 0.25) is 0 Å². The monoisotopic (exact) mass is 340 g/mol. The predicted octanol–water partition coefficient (Wildman–Crippen LogP) is 5.36. The van der Waals surface area contributed by atoms with E-state index in [-0.39, 0.29) is 5.97 Å². The van der Waals surface area contributed by atoms with Crippen molar-refractivity contribution in [2.45, 2.75) is 65.2 Å². The van der Waals surface area contributed by atoms with Crippen molar-refractivity contribution in [2.75, 3.05) is 0 Å². The van der Waals surface area contributed by atoms with Gasteiger partial charge in [0.25, 0.3) is 0 Å². The van der Waals surface area contributed by atoms with Gasteiger partial charge in [-0.2, -0.15) is 0 Å².